The van der Waals surface area contributed by atoms with E-state index in [2.05, 4.69) is 32.3 Å². The van der Waals surface area contributed by atoms with Gasteiger partial charge in [-0.25, -0.2) is 9.97 Å². The van der Waals surface area contributed by atoms with Crippen molar-refractivity contribution in [2.45, 2.75) is 31.5 Å². The zero-order chi connectivity index (χ0) is 21.2. The smallest absolute Gasteiger partial charge is 0.135 e. The predicted molar refractivity (Wildman–Crippen MR) is 122 cm³/mol. The zero-order valence-corrected chi connectivity index (χ0v) is 17.9. The van der Waals surface area contributed by atoms with Gasteiger partial charge in [-0.3, -0.25) is 0 Å². The molecule has 1 aromatic heterocycles. The van der Waals surface area contributed by atoms with Crippen molar-refractivity contribution >= 4 is 28.9 Å². The first-order chi connectivity index (χ1) is 15.2. The number of hydrogen-bond acceptors (Lipinski definition) is 6. The van der Waals surface area contributed by atoms with Crippen molar-refractivity contribution in [2.75, 3.05) is 29.9 Å². The summed E-state index contributed by atoms with van der Waals surface area (Å²) in [5.41, 5.74) is 4.46. The van der Waals surface area contributed by atoms with E-state index in [1.165, 1.54) is 11.1 Å². The van der Waals surface area contributed by atoms with E-state index in [0.29, 0.717) is 19.6 Å². The Kier molecular flexibility index (Phi) is 5.76. The highest BCUT2D eigenvalue weighted by Gasteiger charge is 2.25. The van der Waals surface area contributed by atoms with Crippen LogP contribution in [0.25, 0.3) is 0 Å². The van der Waals surface area contributed by atoms with Gasteiger partial charge in [-0.15, -0.1) is 0 Å². The molecule has 0 saturated carbocycles. The number of aliphatic hydroxyl groups excluding tert-OH is 1. The fourth-order valence-corrected chi connectivity index (χ4v) is 4.65. The molecule has 0 unspecified atom stereocenters. The molecule has 0 bridgehead atoms. The summed E-state index contributed by atoms with van der Waals surface area (Å²) in [6.07, 6.45) is 3.58. The summed E-state index contributed by atoms with van der Waals surface area (Å²) in [6.45, 7) is 2.03. The summed E-state index contributed by atoms with van der Waals surface area (Å²) in [7, 11) is 0. The first kappa shape index (κ1) is 20.2. The third kappa shape index (κ3) is 4.37. The maximum atomic E-state index is 10.1. The molecule has 31 heavy (non-hydrogen) atoms. The highest BCUT2D eigenvalue weighted by atomic mass is 35.5. The molecule has 2 aliphatic rings. The Morgan fingerprint density at radius 3 is 2.94 bits per heavy atom. The standard InChI is InChI=1S/C24H25ClN4O2/c25-20-6-2-1-5-18(20)22-14-29(10-11-31-22)24-13-23(26-15-27-24)28-21-7-3-4-16-8-9-17(30)12-19(16)21/h1-7,13,15,17,22,30H,8-12,14H2,(H,26,27,28)/t17-,22+/m0/s1. The van der Waals surface area contributed by atoms with E-state index < -0.39 is 0 Å². The summed E-state index contributed by atoms with van der Waals surface area (Å²) in [4.78, 5) is 11.1. The number of aryl methyl sites for hydroxylation is 1. The minimum Gasteiger partial charge on any atom is -0.393 e. The number of nitrogens with zero attached hydrogens (tertiary/aromatic N) is 3. The van der Waals surface area contributed by atoms with Crippen LogP contribution in [0.15, 0.2) is 54.9 Å². The summed E-state index contributed by atoms with van der Waals surface area (Å²) in [6, 6.07) is 16.0. The van der Waals surface area contributed by atoms with E-state index in [1.807, 2.05) is 36.4 Å². The fraction of sp³-hybridized carbons (Fsp3) is 0.333. The van der Waals surface area contributed by atoms with Crippen LogP contribution in [-0.4, -0.2) is 40.9 Å². The molecule has 2 aromatic carbocycles. The monoisotopic (exact) mass is 436 g/mol. The number of benzene rings is 2. The van der Waals surface area contributed by atoms with Crippen molar-refractivity contribution in [1.82, 2.24) is 9.97 Å². The average Bonchev–Trinajstić information content (AvgIpc) is 2.80. The van der Waals surface area contributed by atoms with Crippen molar-refractivity contribution in [3.63, 3.8) is 0 Å². The van der Waals surface area contributed by atoms with Gasteiger partial charge in [0.25, 0.3) is 0 Å². The van der Waals surface area contributed by atoms with Crippen molar-refractivity contribution in [3.05, 3.63) is 76.6 Å². The maximum Gasteiger partial charge on any atom is 0.135 e. The number of anilines is 3. The molecule has 2 atom stereocenters. The molecule has 1 aliphatic carbocycles. The molecular formula is C24H25ClN4O2. The summed E-state index contributed by atoms with van der Waals surface area (Å²) in [5.74, 6) is 1.59. The van der Waals surface area contributed by atoms with Gasteiger partial charge in [-0.2, -0.15) is 0 Å². The van der Waals surface area contributed by atoms with E-state index in [1.54, 1.807) is 6.33 Å². The number of hydrogen-bond donors (Lipinski definition) is 2. The van der Waals surface area contributed by atoms with Gasteiger partial charge < -0.3 is 20.1 Å². The van der Waals surface area contributed by atoms with Crippen molar-refractivity contribution in [2.24, 2.45) is 0 Å². The van der Waals surface area contributed by atoms with Crippen LogP contribution in [0.2, 0.25) is 5.02 Å². The molecule has 1 fully saturated rings. The van der Waals surface area contributed by atoms with Crippen LogP contribution in [0.3, 0.4) is 0 Å². The van der Waals surface area contributed by atoms with Gasteiger partial charge in [-0.05, 0) is 36.1 Å². The lowest BCUT2D eigenvalue weighted by Gasteiger charge is -2.34. The number of halogens is 1. The van der Waals surface area contributed by atoms with Crippen molar-refractivity contribution in [1.29, 1.82) is 0 Å². The molecule has 7 heteroatoms. The quantitative estimate of drug-likeness (QED) is 0.635. The second-order valence-corrected chi connectivity index (χ2v) is 8.46. The summed E-state index contributed by atoms with van der Waals surface area (Å²) in [5, 5.41) is 14.3. The van der Waals surface area contributed by atoms with Crippen LogP contribution in [-0.2, 0) is 17.6 Å². The van der Waals surface area contributed by atoms with Gasteiger partial charge in [-0.1, -0.05) is 41.9 Å². The maximum absolute atomic E-state index is 10.1. The Morgan fingerprint density at radius 2 is 2.03 bits per heavy atom. The van der Waals surface area contributed by atoms with Gasteiger partial charge in [0.1, 0.15) is 24.1 Å². The van der Waals surface area contributed by atoms with Gasteiger partial charge in [0.05, 0.1) is 12.7 Å². The minimum absolute atomic E-state index is 0.101. The van der Waals surface area contributed by atoms with Crippen molar-refractivity contribution < 1.29 is 9.84 Å². The lowest BCUT2D eigenvalue weighted by Crippen LogP contribution is -2.39. The van der Waals surface area contributed by atoms with E-state index in [4.69, 9.17) is 16.3 Å². The number of aliphatic hydroxyl groups is 1. The second kappa shape index (κ2) is 8.83. The molecule has 1 aliphatic heterocycles. The fourth-order valence-electron chi connectivity index (χ4n) is 4.39. The minimum atomic E-state index is -0.286. The summed E-state index contributed by atoms with van der Waals surface area (Å²) >= 11 is 6.38. The third-order valence-corrected chi connectivity index (χ3v) is 6.36. The van der Waals surface area contributed by atoms with Crippen LogP contribution >= 0.6 is 11.6 Å². The SMILES string of the molecule is O[C@H]1CCc2cccc(Nc3cc(N4CCO[C@@H](c5ccccc5Cl)C4)ncn3)c2C1. The molecule has 160 valence electrons. The highest BCUT2D eigenvalue weighted by molar-refractivity contribution is 6.31. The topological polar surface area (TPSA) is 70.5 Å². The van der Waals surface area contributed by atoms with Crippen LogP contribution in [0.1, 0.15) is 29.2 Å². The van der Waals surface area contributed by atoms with E-state index in [9.17, 15) is 5.11 Å². The van der Waals surface area contributed by atoms with E-state index in [-0.39, 0.29) is 12.2 Å². The van der Waals surface area contributed by atoms with Crippen LogP contribution in [0.5, 0.6) is 0 Å². The molecule has 2 N–H and O–H groups in total. The van der Waals surface area contributed by atoms with Crippen LogP contribution < -0.4 is 10.2 Å². The Hall–Kier alpha value is -2.67. The number of aromatic nitrogens is 2. The number of nitrogens with one attached hydrogen (secondary N) is 1. The lowest BCUT2D eigenvalue weighted by atomic mass is 9.88. The Balaban J connectivity index is 1.36. The van der Waals surface area contributed by atoms with Gasteiger partial charge >= 0.3 is 0 Å². The Bertz CT molecular complexity index is 1080. The molecule has 0 amide bonds. The molecule has 5 rings (SSSR count). The van der Waals surface area contributed by atoms with Crippen molar-refractivity contribution in [3.8, 4) is 0 Å². The number of morpholine rings is 1. The molecule has 0 radical (unpaired) electrons. The Labute approximate surface area is 186 Å². The Morgan fingerprint density at radius 1 is 1.13 bits per heavy atom. The van der Waals surface area contributed by atoms with Gasteiger partial charge in [0.15, 0.2) is 0 Å². The number of ether oxygens (including phenoxy) is 1. The summed E-state index contributed by atoms with van der Waals surface area (Å²) < 4.78 is 5.99. The molecule has 3 aromatic rings. The van der Waals surface area contributed by atoms with Crippen LogP contribution in [0.4, 0.5) is 17.3 Å². The van der Waals surface area contributed by atoms with E-state index in [0.717, 1.165) is 47.3 Å². The molecule has 1 saturated heterocycles. The number of fused-ring (bicyclic) bond motifs is 1. The molecule has 0 spiro atoms. The normalized spacial score (nSPS) is 20.9. The number of rotatable bonds is 4. The molecule has 6 nitrogen and oxygen atoms in total. The highest BCUT2D eigenvalue weighted by Crippen LogP contribution is 2.32. The zero-order valence-electron chi connectivity index (χ0n) is 17.2. The molecule has 2 heterocycles. The van der Waals surface area contributed by atoms with E-state index >= 15 is 0 Å². The average molecular weight is 437 g/mol. The third-order valence-electron chi connectivity index (χ3n) is 6.02. The van der Waals surface area contributed by atoms with Gasteiger partial charge in [0, 0.05) is 41.9 Å². The lowest BCUT2D eigenvalue weighted by molar-refractivity contribution is 0.0396. The largest absolute Gasteiger partial charge is 0.393 e. The predicted octanol–water partition coefficient (Wildman–Crippen LogP) is 4.30. The van der Waals surface area contributed by atoms with Crippen LogP contribution in [0, 0.1) is 0 Å². The second-order valence-electron chi connectivity index (χ2n) is 8.05. The van der Waals surface area contributed by atoms with Gasteiger partial charge in [0.2, 0.25) is 0 Å². The first-order valence-electron chi connectivity index (χ1n) is 10.7. The first-order valence-corrected chi connectivity index (χ1v) is 11.0. The molecular weight excluding hydrogens is 412 g/mol.